The van der Waals surface area contributed by atoms with Crippen LogP contribution < -0.4 is 5.32 Å². The molecule has 2 aromatic carbocycles. The lowest BCUT2D eigenvalue weighted by Crippen LogP contribution is -2.13. The first-order chi connectivity index (χ1) is 14.4. The van der Waals surface area contributed by atoms with Crippen LogP contribution in [0.2, 0.25) is 5.02 Å². The molecular weight excluding hydrogens is 404 g/mol. The highest BCUT2D eigenvalue weighted by Gasteiger charge is 2.13. The van der Waals surface area contributed by atoms with E-state index in [-0.39, 0.29) is 16.2 Å². The Balaban J connectivity index is 1.79. The Morgan fingerprint density at radius 1 is 1.17 bits per heavy atom. The summed E-state index contributed by atoms with van der Waals surface area (Å²) in [4.78, 5) is 23.5. The maximum Gasteiger partial charge on any atom is 0.337 e. The number of amides is 1. The van der Waals surface area contributed by atoms with Crippen molar-refractivity contribution in [1.82, 2.24) is 0 Å². The smallest absolute Gasteiger partial charge is 0.337 e. The van der Waals surface area contributed by atoms with Gasteiger partial charge in [-0.25, -0.2) is 4.79 Å². The topological polar surface area (TPSA) is 103 Å². The number of carboxylic acid groups (broad SMARTS) is 1. The Kier molecular flexibility index (Phi) is 6.35. The molecule has 3 aromatic rings. The third-order valence-electron chi connectivity index (χ3n) is 4.38. The Morgan fingerprint density at radius 2 is 1.90 bits per heavy atom. The van der Waals surface area contributed by atoms with Crippen LogP contribution in [0.3, 0.4) is 0 Å². The number of aryl methyl sites for hydroxylation is 1. The lowest BCUT2D eigenvalue weighted by Gasteiger charge is -2.05. The third kappa shape index (κ3) is 4.77. The minimum atomic E-state index is -1.12. The Bertz CT molecular complexity index is 1170. The molecule has 0 atom stereocenters. The molecule has 1 heterocycles. The number of carbonyl (C=O) groups excluding carboxylic acids is 1. The number of hydrogen-bond acceptors (Lipinski definition) is 4. The van der Waals surface area contributed by atoms with Crippen LogP contribution in [-0.2, 0) is 11.2 Å². The van der Waals surface area contributed by atoms with Gasteiger partial charge in [0.25, 0.3) is 5.91 Å². The van der Waals surface area contributed by atoms with Gasteiger partial charge in [-0.2, -0.15) is 5.26 Å². The van der Waals surface area contributed by atoms with Crippen molar-refractivity contribution in [1.29, 1.82) is 5.26 Å². The zero-order valence-electron chi connectivity index (χ0n) is 16.0. The van der Waals surface area contributed by atoms with E-state index < -0.39 is 11.9 Å². The highest BCUT2D eigenvalue weighted by molar-refractivity contribution is 6.33. The summed E-state index contributed by atoms with van der Waals surface area (Å²) in [5, 5.41) is 21.2. The lowest BCUT2D eigenvalue weighted by atomic mass is 10.1. The van der Waals surface area contributed by atoms with Gasteiger partial charge in [-0.05, 0) is 48.4 Å². The second-order valence-corrected chi connectivity index (χ2v) is 6.78. The van der Waals surface area contributed by atoms with E-state index in [0.29, 0.717) is 22.8 Å². The fourth-order valence-corrected chi connectivity index (χ4v) is 3.00. The second kappa shape index (κ2) is 9.12. The van der Waals surface area contributed by atoms with Crippen LogP contribution in [-0.4, -0.2) is 17.0 Å². The van der Waals surface area contributed by atoms with Crippen molar-refractivity contribution in [2.45, 2.75) is 13.3 Å². The number of nitriles is 1. The minimum Gasteiger partial charge on any atom is -0.478 e. The van der Waals surface area contributed by atoms with Crippen molar-refractivity contribution in [3.05, 3.63) is 82.1 Å². The molecule has 7 heteroatoms. The Labute approximate surface area is 178 Å². The van der Waals surface area contributed by atoms with Gasteiger partial charge in [-0.15, -0.1) is 0 Å². The molecule has 1 aromatic heterocycles. The van der Waals surface area contributed by atoms with Gasteiger partial charge in [-0.1, -0.05) is 36.7 Å². The number of benzene rings is 2. The number of carboxylic acids is 1. The molecule has 0 unspecified atom stereocenters. The maximum absolute atomic E-state index is 12.4. The van der Waals surface area contributed by atoms with Crippen molar-refractivity contribution in [3.8, 4) is 17.4 Å². The van der Waals surface area contributed by atoms with Gasteiger partial charge in [0.2, 0.25) is 0 Å². The van der Waals surface area contributed by atoms with Crippen molar-refractivity contribution in [2.24, 2.45) is 0 Å². The maximum atomic E-state index is 12.4. The summed E-state index contributed by atoms with van der Waals surface area (Å²) in [6, 6.07) is 16.9. The largest absolute Gasteiger partial charge is 0.478 e. The van der Waals surface area contributed by atoms with E-state index >= 15 is 0 Å². The Hall–Kier alpha value is -3.82. The predicted molar refractivity (Wildman–Crippen MR) is 114 cm³/mol. The number of anilines is 1. The summed E-state index contributed by atoms with van der Waals surface area (Å²) < 4.78 is 5.67. The molecule has 3 rings (SSSR count). The molecule has 150 valence electrons. The molecule has 0 saturated carbocycles. The number of rotatable bonds is 6. The molecule has 0 bridgehead atoms. The fourth-order valence-electron chi connectivity index (χ4n) is 2.74. The van der Waals surface area contributed by atoms with E-state index in [9.17, 15) is 14.9 Å². The molecule has 0 spiro atoms. The molecule has 0 aliphatic heterocycles. The first-order valence-electron chi connectivity index (χ1n) is 9.06. The van der Waals surface area contributed by atoms with Gasteiger partial charge in [0.05, 0.1) is 10.6 Å². The highest BCUT2D eigenvalue weighted by atomic mass is 35.5. The van der Waals surface area contributed by atoms with E-state index in [1.165, 1.54) is 18.2 Å². The van der Waals surface area contributed by atoms with Gasteiger partial charge in [0.1, 0.15) is 23.2 Å². The van der Waals surface area contributed by atoms with E-state index in [1.54, 1.807) is 30.3 Å². The molecule has 1 amide bonds. The van der Waals surface area contributed by atoms with Crippen LogP contribution >= 0.6 is 11.6 Å². The van der Waals surface area contributed by atoms with E-state index in [4.69, 9.17) is 21.1 Å². The van der Waals surface area contributed by atoms with Gasteiger partial charge in [0, 0.05) is 17.3 Å². The number of carbonyl (C=O) groups is 2. The molecule has 0 radical (unpaired) electrons. The Morgan fingerprint density at radius 3 is 2.50 bits per heavy atom. The van der Waals surface area contributed by atoms with Crippen LogP contribution in [0.5, 0.6) is 0 Å². The van der Waals surface area contributed by atoms with Crippen molar-refractivity contribution < 1.29 is 19.1 Å². The summed E-state index contributed by atoms with van der Waals surface area (Å²) in [7, 11) is 0. The first-order valence-corrected chi connectivity index (χ1v) is 9.44. The summed E-state index contributed by atoms with van der Waals surface area (Å²) in [6.45, 7) is 2.04. The van der Waals surface area contributed by atoms with Gasteiger partial charge in [-0.3, -0.25) is 4.79 Å². The number of halogens is 1. The molecule has 6 nitrogen and oxygen atoms in total. The summed E-state index contributed by atoms with van der Waals surface area (Å²) in [5.74, 6) is -0.943. The summed E-state index contributed by atoms with van der Waals surface area (Å²) in [6.07, 6.45) is 2.23. The van der Waals surface area contributed by atoms with Crippen LogP contribution in [0.4, 0.5) is 5.69 Å². The minimum absolute atomic E-state index is 0.0116. The molecule has 30 heavy (non-hydrogen) atoms. The molecule has 0 fully saturated rings. The van der Waals surface area contributed by atoms with Crippen LogP contribution in [0.15, 0.2) is 64.6 Å². The van der Waals surface area contributed by atoms with E-state index in [2.05, 4.69) is 5.32 Å². The quantitative estimate of drug-likeness (QED) is 0.410. The number of hydrogen-bond donors (Lipinski definition) is 2. The zero-order chi connectivity index (χ0) is 21.7. The van der Waals surface area contributed by atoms with Crippen LogP contribution in [0.1, 0.15) is 28.6 Å². The van der Waals surface area contributed by atoms with Crippen LogP contribution in [0.25, 0.3) is 17.4 Å². The first kappa shape index (κ1) is 20.9. The highest BCUT2D eigenvalue weighted by Crippen LogP contribution is 2.28. The lowest BCUT2D eigenvalue weighted by molar-refractivity contribution is -0.112. The van der Waals surface area contributed by atoms with Gasteiger partial charge in [0.15, 0.2) is 0 Å². The molecule has 0 aliphatic carbocycles. The number of aromatic carboxylic acids is 1. The average molecular weight is 421 g/mol. The van der Waals surface area contributed by atoms with E-state index in [0.717, 1.165) is 12.0 Å². The predicted octanol–water partition coefficient (Wildman–Crippen LogP) is 5.41. The monoisotopic (exact) mass is 420 g/mol. The third-order valence-corrected chi connectivity index (χ3v) is 4.70. The number of furan rings is 1. The van der Waals surface area contributed by atoms with Gasteiger partial charge < -0.3 is 14.8 Å². The van der Waals surface area contributed by atoms with Crippen LogP contribution in [0, 0.1) is 11.3 Å². The average Bonchev–Trinajstić information content (AvgIpc) is 3.20. The van der Waals surface area contributed by atoms with E-state index in [1.807, 2.05) is 25.1 Å². The van der Waals surface area contributed by atoms with Crippen molar-refractivity contribution in [2.75, 3.05) is 5.32 Å². The molecule has 0 aliphatic rings. The van der Waals surface area contributed by atoms with Crippen molar-refractivity contribution in [3.63, 3.8) is 0 Å². The second-order valence-electron chi connectivity index (χ2n) is 6.38. The van der Waals surface area contributed by atoms with Crippen molar-refractivity contribution >= 4 is 35.2 Å². The fraction of sp³-hybridized carbons (Fsp3) is 0.0870. The normalized spacial score (nSPS) is 11.0. The molecule has 2 N–H and O–H groups in total. The number of nitrogens with zero attached hydrogens (tertiary/aromatic N) is 1. The molecule has 0 saturated heterocycles. The van der Waals surface area contributed by atoms with Gasteiger partial charge >= 0.3 is 5.97 Å². The molecular formula is C23H17ClN2O4. The number of nitrogens with one attached hydrogen (secondary N) is 1. The SMILES string of the molecule is CCc1ccc(NC(=O)/C(C#N)=C\c2ccc(-c3ccc(C(=O)O)c(Cl)c3)o2)cc1. The zero-order valence-corrected chi connectivity index (χ0v) is 16.7. The summed E-state index contributed by atoms with van der Waals surface area (Å²) >= 11 is 6.00. The summed E-state index contributed by atoms with van der Waals surface area (Å²) in [5.41, 5.74) is 2.18. The standard InChI is InChI=1S/C23H17ClN2O4/c1-2-14-3-6-17(7-4-14)26-22(27)16(13-25)11-18-8-10-21(30-18)15-5-9-19(23(28)29)20(24)12-15/h3-12H,2H2,1H3,(H,26,27)(H,28,29)/b16-11-.